The SMILES string of the molecule is C=CCC/C=C/C=C\CCCCCC[C@@H]1CC[C@@H]([C@@H]2CC[C@@H](CC(=O)[O-])OO2)O1.[Na+]. The average molecular weight is 429 g/mol. The van der Waals surface area contributed by atoms with Gasteiger partial charge >= 0.3 is 29.6 Å². The molecule has 6 heteroatoms. The van der Waals surface area contributed by atoms with Crippen LogP contribution in [0.15, 0.2) is 37.0 Å². The molecule has 5 nitrogen and oxygen atoms in total. The van der Waals surface area contributed by atoms with Crippen molar-refractivity contribution in [1.29, 1.82) is 0 Å². The molecule has 0 spiro atoms. The van der Waals surface area contributed by atoms with Gasteiger partial charge in [-0.3, -0.25) is 0 Å². The van der Waals surface area contributed by atoms with Crippen molar-refractivity contribution in [3.05, 3.63) is 37.0 Å². The van der Waals surface area contributed by atoms with Crippen molar-refractivity contribution in [2.75, 3.05) is 0 Å². The van der Waals surface area contributed by atoms with Crippen LogP contribution in [0.1, 0.15) is 83.5 Å². The number of carbonyl (C=O) groups is 1. The van der Waals surface area contributed by atoms with Gasteiger partial charge in [-0.15, -0.1) is 6.58 Å². The third kappa shape index (κ3) is 11.8. The second kappa shape index (κ2) is 17.2. The molecule has 0 aromatic carbocycles. The second-order valence-electron chi connectivity index (χ2n) is 8.09. The van der Waals surface area contributed by atoms with E-state index in [2.05, 4.69) is 30.9 Å². The molecule has 0 amide bonds. The Morgan fingerprint density at radius 3 is 2.27 bits per heavy atom. The van der Waals surface area contributed by atoms with Crippen LogP contribution in [-0.4, -0.2) is 30.4 Å². The molecular formula is C24H37NaO5. The van der Waals surface area contributed by atoms with E-state index in [1.807, 2.05) is 6.08 Å². The third-order valence-electron chi connectivity index (χ3n) is 5.61. The Balaban J connectivity index is 0.00000450. The first-order valence-corrected chi connectivity index (χ1v) is 11.3. The topological polar surface area (TPSA) is 67.8 Å². The van der Waals surface area contributed by atoms with Gasteiger partial charge in [-0.05, 0) is 57.8 Å². The Morgan fingerprint density at radius 2 is 1.57 bits per heavy atom. The summed E-state index contributed by atoms with van der Waals surface area (Å²) in [6.45, 7) is 3.72. The normalized spacial score (nSPS) is 26.8. The molecule has 164 valence electrons. The summed E-state index contributed by atoms with van der Waals surface area (Å²) in [7, 11) is 0. The molecule has 30 heavy (non-hydrogen) atoms. The summed E-state index contributed by atoms with van der Waals surface area (Å²) in [6, 6.07) is 0. The van der Waals surface area contributed by atoms with E-state index in [1.54, 1.807) is 0 Å². The Morgan fingerprint density at radius 1 is 0.867 bits per heavy atom. The maximum absolute atomic E-state index is 10.6. The molecule has 2 fully saturated rings. The molecule has 2 aliphatic heterocycles. The summed E-state index contributed by atoms with van der Waals surface area (Å²) >= 11 is 0. The first-order valence-electron chi connectivity index (χ1n) is 11.3. The molecule has 0 aliphatic carbocycles. The number of allylic oxidation sites excluding steroid dienone is 5. The van der Waals surface area contributed by atoms with Gasteiger partial charge in [0.15, 0.2) is 0 Å². The number of aliphatic carboxylic acids is 1. The Bertz CT molecular complexity index is 526. The van der Waals surface area contributed by atoms with Gasteiger partial charge in [-0.25, -0.2) is 9.78 Å². The van der Waals surface area contributed by atoms with E-state index in [0.717, 1.165) is 44.9 Å². The van der Waals surface area contributed by atoms with Crippen LogP contribution >= 0.6 is 0 Å². The number of hydrogen-bond donors (Lipinski definition) is 0. The van der Waals surface area contributed by atoms with Crippen molar-refractivity contribution in [2.24, 2.45) is 0 Å². The fourth-order valence-corrected chi connectivity index (χ4v) is 3.94. The minimum Gasteiger partial charge on any atom is -0.550 e. The van der Waals surface area contributed by atoms with Gasteiger partial charge in [0.05, 0.1) is 18.3 Å². The summed E-state index contributed by atoms with van der Waals surface area (Å²) in [4.78, 5) is 21.2. The maximum Gasteiger partial charge on any atom is 1.00 e. The van der Waals surface area contributed by atoms with Crippen molar-refractivity contribution in [1.82, 2.24) is 0 Å². The second-order valence-corrected chi connectivity index (χ2v) is 8.09. The zero-order chi connectivity index (χ0) is 20.7. The molecule has 0 radical (unpaired) electrons. The third-order valence-corrected chi connectivity index (χ3v) is 5.61. The standard InChI is InChI=1S/C24H38O5.Na/c1-2-3-4-5-6-7-8-9-10-11-12-13-14-20-15-17-22(27-20)23-18-16-21(28-29-23)19-24(25)26;/h2,5-8,20-23H,1,3-4,9-19H2,(H,25,26);/q;+1/p-1/b6-5+,8-7-;/t20-,21+,22+,23+;/m1./s1. The van der Waals surface area contributed by atoms with Crippen molar-refractivity contribution >= 4 is 5.97 Å². The predicted octanol–water partition coefficient (Wildman–Crippen LogP) is 1.58. The smallest absolute Gasteiger partial charge is 0.550 e. The van der Waals surface area contributed by atoms with Crippen molar-refractivity contribution in [3.8, 4) is 0 Å². The van der Waals surface area contributed by atoms with Gasteiger partial charge in [0, 0.05) is 12.4 Å². The molecule has 2 heterocycles. The molecule has 2 rings (SSSR count). The fraction of sp³-hybridized carbons (Fsp3) is 0.708. The van der Waals surface area contributed by atoms with Gasteiger partial charge < -0.3 is 14.6 Å². The molecular weight excluding hydrogens is 391 g/mol. The number of unbranched alkanes of at least 4 members (excludes halogenated alkanes) is 5. The number of ether oxygens (including phenoxy) is 1. The zero-order valence-corrected chi connectivity index (χ0v) is 20.6. The zero-order valence-electron chi connectivity index (χ0n) is 18.6. The summed E-state index contributed by atoms with van der Waals surface area (Å²) < 4.78 is 6.16. The molecule has 0 N–H and O–H groups in total. The van der Waals surface area contributed by atoms with E-state index in [4.69, 9.17) is 14.5 Å². The Labute approximate surface area is 204 Å². The first kappa shape index (κ1) is 27.6. The molecule has 2 aliphatic rings. The van der Waals surface area contributed by atoms with Crippen LogP contribution in [0.3, 0.4) is 0 Å². The van der Waals surface area contributed by atoms with E-state index in [0.29, 0.717) is 12.5 Å². The van der Waals surface area contributed by atoms with E-state index < -0.39 is 12.1 Å². The van der Waals surface area contributed by atoms with E-state index >= 15 is 0 Å². The molecule has 0 bridgehead atoms. The molecule has 0 aromatic heterocycles. The average Bonchev–Trinajstić information content (AvgIpc) is 3.18. The molecule has 0 aromatic rings. The van der Waals surface area contributed by atoms with E-state index in [9.17, 15) is 9.90 Å². The predicted molar refractivity (Wildman–Crippen MR) is 112 cm³/mol. The first-order chi connectivity index (χ1) is 14.2. The summed E-state index contributed by atoms with van der Waals surface area (Å²) in [5, 5.41) is 10.6. The number of hydrogen-bond acceptors (Lipinski definition) is 5. The number of carboxylic acid groups (broad SMARTS) is 1. The minimum atomic E-state index is -1.10. The monoisotopic (exact) mass is 428 g/mol. The molecule has 0 saturated carbocycles. The summed E-state index contributed by atoms with van der Waals surface area (Å²) in [5.74, 6) is -1.10. The van der Waals surface area contributed by atoms with Gasteiger partial charge in [0.1, 0.15) is 6.10 Å². The minimum absolute atomic E-state index is 0. The van der Waals surface area contributed by atoms with E-state index in [-0.39, 0.29) is 48.2 Å². The Kier molecular flexibility index (Phi) is 15.8. The largest absolute Gasteiger partial charge is 1.00 e. The van der Waals surface area contributed by atoms with Gasteiger partial charge in [0.25, 0.3) is 0 Å². The van der Waals surface area contributed by atoms with Crippen LogP contribution in [0, 0.1) is 0 Å². The van der Waals surface area contributed by atoms with Crippen LogP contribution in [0.25, 0.3) is 0 Å². The van der Waals surface area contributed by atoms with Crippen molar-refractivity contribution in [3.63, 3.8) is 0 Å². The molecule has 4 atom stereocenters. The van der Waals surface area contributed by atoms with Crippen LogP contribution in [0.4, 0.5) is 0 Å². The van der Waals surface area contributed by atoms with Crippen LogP contribution < -0.4 is 34.7 Å². The fourth-order valence-electron chi connectivity index (χ4n) is 3.94. The van der Waals surface area contributed by atoms with Crippen LogP contribution in [0.2, 0.25) is 0 Å². The van der Waals surface area contributed by atoms with Crippen molar-refractivity contribution < 1.29 is 54.0 Å². The quantitative estimate of drug-likeness (QED) is 0.138. The Hall–Kier alpha value is -0.430. The number of carbonyl (C=O) groups excluding carboxylic acids is 1. The van der Waals surface area contributed by atoms with Crippen LogP contribution in [-0.2, 0) is 19.3 Å². The van der Waals surface area contributed by atoms with Crippen molar-refractivity contribution in [2.45, 2.75) is 108 Å². The van der Waals surface area contributed by atoms with Crippen LogP contribution in [0.5, 0.6) is 0 Å². The van der Waals surface area contributed by atoms with Gasteiger partial charge in [-0.1, -0.05) is 49.6 Å². The number of rotatable bonds is 14. The van der Waals surface area contributed by atoms with Gasteiger partial charge in [0.2, 0.25) is 0 Å². The summed E-state index contributed by atoms with van der Waals surface area (Å²) in [6.07, 6.45) is 23.4. The maximum atomic E-state index is 10.6. The van der Waals surface area contributed by atoms with Gasteiger partial charge in [-0.2, -0.15) is 0 Å². The summed E-state index contributed by atoms with van der Waals surface area (Å²) in [5.41, 5.74) is 0. The number of carboxylic acids is 1. The molecule has 0 unspecified atom stereocenters. The van der Waals surface area contributed by atoms with E-state index in [1.165, 1.54) is 25.7 Å². The molecule has 2 saturated heterocycles.